The summed E-state index contributed by atoms with van der Waals surface area (Å²) >= 11 is 0. The van der Waals surface area contributed by atoms with Gasteiger partial charge in [0, 0.05) is 44.2 Å². The molecule has 0 N–H and O–H groups in total. The Morgan fingerprint density at radius 2 is 1.09 bits per heavy atom. The third-order valence-electron chi connectivity index (χ3n) is 11.8. The minimum atomic E-state index is -0.247. The molecule has 0 radical (unpaired) electrons. The van der Waals surface area contributed by atoms with E-state index in [0.29, 0.717) is 0 Å². The largest absolute Gasteiger partial charge is 0.310 e. The molecule has 0 unspecified atom stereocenters. The number of anilines is 3. The van der Waals surface area contributed by atoms with Gasteiger partial charge in [-0.1, -0.05) is 140 Å². The predicted molar refractivity (Wildman–Crippen MR) is 230 cm³/mol. The van der Waals surface area contributed by atoms with Crippen molar-refractivity contribution in [1.29, 1.82) is 0 Å². The molecule has 0 amide bonds. The van der Waals surface area contributed by atoms with Crippen LogP contribution in [-0.4, -0.2) is 4.57 Å². The monoisotopic (exact) mass is 694 g/mol. The molecule has 0 fully saturated rings. The molecule has 0 saturated heterocycles. The van der Waals surface area contributed by atoms with Gasteiger partial charge in [0.15, 0.2) is 0 Å². The van der Waals surface area contributed by atoms with Gasteiger partial charge < -0.3 is 9.47 Å². The maximum atomic E-state index is 2.51. The van der Waals surface area contributed by atoms with E-state index in [1.807, 2.05) is 0 Å². The summed E-state index contributed by atoms with van der Waals surface area (Å²) in [6.45, 7) is 11.3. The first-order valence-electron chi connectivity index (χ1n) is 19.0. The van der Waals surface area contributed by atoms with Crippen molar-refractivity contribution in [2.75, 3.05) is 4.90 Å². The van der Waals surface area contributed by atoms with Gasteiger partial charge in [0.2, 0.25) is 0 Å². The molecule has 0 bridgehead atoms. The van der Waals surface area contributed by atoms with Crippen LogP contribution in [0.5, 0.6) is 0 Å². The number of para-hydroxylation sites is 1. The lowest BCUT2D eigenvalue weighted by Crippen LogP contribution is -2.17. The fourth-order valence-electron chi connectivity index (χ4n) is 8.99. The maximum absolute atomic E-state index is 2.51. The Labute approximate surface area is 317 Å². The Kier molecular flexibility index (Phi) is 7.22. The van der Waals surface area contributed by atoms with Crippen molar-refractivity contribution in [1.82, 2.24) is 4.57 Å². The maximum Gasteiger partial charge on any atom is 0.0619 e. The highest BCUT2D eigenvalue weighted by Gasteiger charge is 2.38. The first kappa shape index (κ1) is 32.3. The van der Waals surface area contributed by atoms with Crippen LogP contribution in [0.3, 0.4) is 0 Å². The molecule has 10 rings (SSSR count). The summed E-state index contributed by atoms with van der Waals surface area (Å²) in [6.07, 6.45) is 0. The molecule has 9 aromatic rings. The van der Waals surface area contributed by atoms with Crippen LogP contribution in [0.15, 0.2) is 164 Å². The molecule has 8 aromatic carbocycles. The number of fused-ring (bicyclic) bond motifs is 8. The van der Waals surface area contributed by atoms with Gasteiger partial charge in [-0.05, 0) is 109 Å². The quantitative estimate of drug-likeness (QED) is 0.174. The van der Waals surface area contributed by atoms with E-state index >= 15 is 0 Å². The second-order valence-electron chi connectivity index (χ2n) is 15.6. The zero-order valence-corrected chi connectivity index (χ0v) is 31.5. The van der Waals surface area contributed by atoms with Gasteiger partial charge in [-0.15, -0.1) is 0 Å². The minimum absolute atomic E-state index is 0.247. The average molecular weight is 695 g/mol. The summed E-state index contributed by atoms with van der Waals surface area (Å²) in [5, 5.41) is 5.10. The van der Waals surface area contributed by atoms with E-state index in [4.69, 9.17) is 0 Å². The molecular weight excluding hydrogens is 653 g/mol. The van der Waals surface area contributed by atoms with Crippen LogP contribution in [0.1, 0.15) is 41.7 Å². The molecule has 0 spiro atoms. The summed E-state index contributed by atoms with van der Waals surface area (Å²) in [6, 6.07) is 61.0. The van der Waals surface area contributed by atoms with E-state index in [9.17, 15) is 0 Å². The molecule has 0 atom stereocenters. The number of aryl methyl sites for hydroxylation is 3. The highest BCUT2D eigenvalue weighted by atomic mass is 15.1. The Hall–Kier alpha value is -6.38. The fourth-order valence-corrected chi connectivity index (χ4v) is 8.99. The van der Waals surface area contributed by atoms with Gasteiger partial charge in [-0.25, -0.2) is 0 Å². The predicted octanol–water partition coefficient (Wildman–Crippen LogP) is 14.3. The van der Waals surface area contributed by atoms with Crippen molar-refractivity contribution < 1.29 is 0 Å². The molecular formula is C52H42N2. The van der Waals surface area contributed by atoms with Crippen LogP contribution in [0.25, 0.3) is 60.5 Å². The van der Waals surface area contributed by atoms with Crippen LogP contribution in [0.2, 0.25) is 0 Å². The van der Waals surface area contributed by atoms with E-state index in [1.54, 1.807) is 0 Å². The van der Waals surface area contributed by atoms with Gasteiger partial charge in [0.1, 0.15) is 0 Å². The fraction of sp³-hybridized carbons (Fsp3) is 0.115. The van der Waals surface area contributed by atoms with E-state index in [-0.39, 0.29) is 5.41 Å². The number of hydrogen-bond donors (Lipinski definition) is 0. The van der Waals surface area contributed by atoms with Gasteiger partial charge in [-0.2, -0.15) is 0 Å². The van der Waals surface area contributed by atoms with Gasteiger partial charge >= 0.3 is 0 Å². The number of hydrogen-bond acceptors (Lipinski definition) is 1. The van der Waals surface area contributed by atoms with Crippen molar-refractivity contribution in [3.8, 4) is 27.9 Å². The van der Waals surface area contributed by atoms with Crippen LogP contribution < -0.4 is 4.90 Å². The van der Waals surface area contributed by atoms with Crippen LogP contribution >= 0.6 is 0 Å². The van der Waals surface area contributed by atoms with Crippen molar-refractivity contribution >= 4 is 49.6 Å². The van der Waals surface area contributed by atoms with E-state index in [1.165, 1.54) is 94.0 Å². The highest BCUT2D eigenvalue weighted by Crippen LogP contribution is 2.55. The molecule has 2 heteroatoms. The topological polar surface area (TPSA) is 8.17 Å². The standard InChI is InChI=1S/C52H42N2/c1-33-18-23-37(24-19-33)53(38-25-20-34(2)21-26-38)49-32-47-50(42-15-10-9-14-41(42)49)44-28-27-39(31-46(44)52(47,4)5)54-48-29-22-35(3)30-45(48)43-17-11-16-40(51(43)54)36-12-7-6-8-13-36/h6-32H,1-5H3. The number of rotatable bonds is 5. The molecule has 1 heterocycles. The van der Waals surface area contributed by atoms with Gasteiger partial charge in [0.25, 0.3) is 0 Å². The van der Waals surface area contributed by atoms with E-state index in [2.05, 4.69) is 208 Å². The molecule has 54 heavy (non-hydrogen) atoms. The summed E-state index contributed by atoms with van der Waals surface area (Å²) in [5.41, 5.74) is 18.5. The first-order chi connectivity index (χ1) is 26.3. The number of benzene rings is 8. The third kappa shape index (κ3) is 4.87. The van der Waals surface area contributed by atoms with Crippen LogP contribution in [0, 0.1) is 20.8 Å². The van der Waals surface area contributed by atoms with Crippen molar-refractivity contribution in [3.05, 3.63) is 192 Å². The third-order valence-corrected chi connectivity index (χ3v) is 11.8. The van der Waals surface area contributed by atoms with Gasteiger partial charge in [0.05, 0.1) is 16.7 Å². The van der Waals surface area contributed by atoms with Crippen LogP contribution in [0.4, 0.5) is 17.1 Å². The van der Waals surface area contributed by atoms with E-state index in [0.717, 1.165) is 11.4 Å². The lowest BCUT2D eigenvalue weighted by Gasteiger charge is -2.30. The summed E-state index contributed by atoms with van der Waals surface area (Å²) in [7, 11) is 0. The highest BCUT2D eigenvalue weighted by molar-refractivity contribution is 6.14. The Bertz CT molecular complexity index is 2860. The molecule has 1 aromatic heterocycles. The van der Waals surface area contributed by atoms with Crippen molar-refractivity contribution in [3.63, 3.8) is 0 Å². The zero-order valence-electron chi connectivity index (χ0n) is 31.5. The molecule has 1 aliphatic carbocycles. The molecule has 0 saturated carbocycles. The Balaban J connectivity index is 1.22. The molecule has 2 nitrogen and oxygen atoms in total. The summed E-state index contributed by atoms with van der Waals surface area (Å²) < 4.78 is 2.51. The second kappa shape index (κ2) is 12.1. The lowest BCUT2D eigenvalue weighted by molar-refractivity contribution is 0.660. The number of nitrogens with zero attached hydrogens (tertiary/aromatic N) is 2. The molecule has 260 valence electrons. The zero-order chi connectivity index (χ0) is 36.7. The smallest absolute Gasteiger partial charge is 0.0619 e. The lowest BCUT2D eigenvalue weighted by atomic mass is 9.81. The summed E-state index contributed by atoms with van der Waals surface area (Å²) in [5.74, 6) is 0. The molecule has 0 aliphatic heterocycles. The normalized spacial score (nSPS) is 13.1. The first-order valence-corrected chi connectivity index (χ1v) is 19.0. The van der Waals surface area contributed by atoms with Crippen LogP contribution in [-0.2, 0) is 5.41 Å². The average Bonchev–Trinajstić information content (AvgIpc) is 3.64. The molecule has 1 aliphatic rings. The van der Waals surface area contributed by atoms with Crippen molar-refractivity contribution in [2.45, 2.75) is 40.0 Å². The minimum Gasteiger partial charge on any atom is -0.310 e. The van der Waals surface area contributed by atoms with Gasteiger partial charge in [-0.3, -0.25) is 0 Å². The number of aromatic nitrogens is 1. The second-order valence-corrected chi connectivity index (χ2v) is 15.6. The van der Waals surface area contributed by atoms with E-state index < -0.39 is 0 Å². The summed E-state index contributed by atoms with van der Waals surface area (Å²) in [4.78, 5) is 2.44. The SMILES string of the molecule is Cc1ccc(N(c2ccc(C)cc2)c2cc3c(c4ccccc24)-c2ccc(-n4c5ccc(C)cc5c5cccc(-c6ccccc6)c54)cc2C3(C)C)cc1. The Morgan fingerprint density at radius 1 is 0.463 bits per heavy atom. The van der Waals surface area contributed by atoms with Crippen molar-refractivity contribution in [2.24, 2.45) is 0 Å². The Morgan fingerprint density at radius 3 is 1.80 bits per heavy atom.